The van der Waals surface area contributed by atoms with Crippen LogP contribution in [0.3, 0.4) is 0 Å². The van der Waals surface area contributed by atoms with Crippen molar-refractivity contribution < 1.29 is 4.79 Å². The van der Waals surface area contributed by atoms with E-state index in [1.807, 2.05) is 50.4 Å². The molecule has 1 aromatic heterocycles. The molecular weight excluding hydrogens is 366 g/mol. The normalized spacial score (nSPS) is 16.1. The number of anilines is 1. The molecule has 142 valence electrons. The van der Waals surface area contributed by atoms with E-state index < -0.39 is 0 Å². The minimum absolute atomic E-state index is 0.0934. The number of carbonyl (C=O) groups is 1. The van der Waals surface area contributed by atoms with E-state index in [-0.39, 0.29) is 5.91 Å². The zero-order valence-corrected chi connectivity index (χ0v) is 17.4. The highest BCUT2D eigenvalue weighted by Gasteiger charge is 2.37. The summed E-state index contributed by atoms with van der Waals surface area (Å²) in [4.78, 5) is 16.7. The second-order valence-electron chi connectivity index (χ2n) is 7.17. The molecule has 28 heavy (non-hydrogen) atoms. The molecule has 4 nitrogen and oxygen atoms in total. The van der Waals surface area contributed by atoms with Gasteiger partial charge in [-0.3, -0.25) is 9.69 Å². The third-order valence-corrected chi connectivity index (χ3v) is 5.92. The Morgan fingerprint density at radius 2 is 1.82 bits per heavy atom. The van der Waals surface area contributed by atoms with Gasteiger partial charge in [0.05, 0.1) is 5.69 Å². The van der Waals surface area contributed by atoms with E-state index in [0.29, 0.717) is 10.8 Å². The van der Waals surface area contributed by atoms with E-state index in [1.54, 1.807) is 9.80 Å². The highest BCUT2D eigenvalue weighted by atomic mass is 32.1. The van der Waals surface area contributed by atoms with Gasteiger partial charge in [-0.2, -0.15) is 0 Å². The highest BCUT2D eigenvalue weighted by Crippen LogP contribution is 2.31. The molecular formula is C23H23N3OS. The van der Waals surface area contributed by atoms with Gasteiger partial charge in [0.15, 0.2) is 5.11 Å². The monoisotopic (exact) mass is 389 g/mol. The van der Waals surface area contributed by atoms with E-state index in [1.165, 1.54) is 11.1 Å². The number of benzene rings is 2. The van der Waals surface area contributed by atoms with Crippen LogP contribution < -0.4 is 4.90 Å². The summed E-state index contributed by atoms with van der Waals surface area (Å²) in [5.41, 5.74) is 5.92. The van der Waals surface area contributed by atoms with Crippen LogP contribution in [0, 0.1) is 13.8 Å². The SMILES string of the molecule is CCn1cc(/C=C2/C(=O)N(c3ccc(C)c(C)c3)C(=S)N2C)c2ccccc21. The summed E-state index contributed by atoms with van der Waals surface area (Å²) < 4.78 is 2.20. The number of rotatable bonds is 3. The van der Waals surface area contributed by atoms with E-state index in [9.17, 15) is 4.79 Å². The number of aromatic nitrogens is 1. The number of hydrogen-bond acceptors (Lipinski definition) is 2. The fourth-order valence-electron chi connectivity index (χ4n) is 3.65. The van der Waals surface area contributed by atoms with Crippen molar-refractivity contribution in [3.8, 4) is 0 Å². The van der Waals surface area contributed by atoms with Crippen molar-refractivity contribution in [1.29, 1.82) is 0 Å². The van der Waals surface area contributed by atoms with Gasteiger partial charge in [0.25, 0.3) is 5.91 Å². The Morgan fingerprint density at radius 1 is 1.07 bits per heavy atom. The number of amides is 1. The first-order chi connectivity index (χ1) is 13.4. The summed E-state index contributed by atoms with van der Waals surface area (Å²) in [6.45, 7) is 7.10. The molecule has 0 aliphatic carbocycles. The molecule has 1 aliphatic heterocycles. The Labute approximate surface area is 170 Å². The summed E-state index contributed by atoms with van der Waals surface area (Å²) in [5.74, 6) is -0.0934. The molecule has 0 N–H and O–H groups in total. The maximum absolute atomic E-state index is 13.3. The molecule has 0 radical (unpaired) electrons. The third-order valence-electron chi connectivity index (χ3n) is 5.46. The first-order valence-electron chi connectivity index (χ1n) is 9.41. The van der Waals surface area contributed by atoms with Gasteiger partial charge >= 0.3 is 0 Å². The van der Waals surface area contributed by atoms with Crippen molar-refractivity contribution in [1.82, 2.24) is 9.47 Å². The molecule has 0 saturated carbocycles. The maximum Gasteiger partial charge on any atom is 0.281 e. The molecule has 5 heteroatoms. The average Bonchev–Trinajstić information content (AvgIpc) is 3.15. The minimum atomic E-state index is -0.0934. The Morgan fingerprint density at radius 3 is 2.54 bits per heavy atom. The summed E-state index contributed by atoms with van der Waals surface area (Å²) >= 11 is 5.60. The molecule has 1 aliphatic rings. The Balaban J connectivity index is 1.80. The number of thiocarbonyl (C=S) groups is 1. The highest BCUT2D eigenvalue weighted by molar-refractivity contribution is 7.80. The predicted molar refractivity (Wildman–Crippen MR) is 119 cm³/mol. The first kappa shape index (κ1) is 18.4. The molecule has 0 atom stereocenters. The molecule has 0 unspecified atom stereocenters. The van der Waals surface area contributed by atoms with Crippen LogP contribution in [0.15, 0.2) is 54.4 Å². The van der Waals surface area contributed by atoms with Crippen molar-refractivity contribution in [3.05, 3.63) is 71.0 Å². The molecule has 4 rings (SSSR count). The van der Waals surface area contributed by atoms with Crippen LogP contribution in [0.2, 0.25) is 0 Å². The quantitative estimate of drug-likeness (QED) is 0.472. The van der Waals surface area contributed by atoms with Gasteiger partial charge in [-0.15, -0.1) is 0 Å². The Bertz CT molecular complexity index is 1140. The fourth-order valence-corrected chi connectivity index (χ4v) is 3.93. The van der Waals surface area contributed by atoms with E-state index >= 15 is 0 Å². The molecule has 0 bridgehead atoms. The van der Waals surface area contributed by atoms with Gasteiger partial charge in [0.2, 0.25) is 0 Å². The fraction of sp³-hybridized carbons (Fsp3) is 0.217. The van der Waals surface area contributed by atoms with Gasteiger partial charge < -0.3 is 9.47 Å². The number of hydrogen-bond donors (Lipinski definition) is 0. The number of fused-ring (bicyclic) bond motifs is 1. The minimum Gasteiger partial charge on any atom is -0.347 e. The maximum atomic E-state index is 13.3. The van der Waals surface area contributed by atoms with Crippen molar-refractivity contribution >= 4 is 45.9 Å². The zero-order valence-electron chi connectivity index (χ0n) is 16.6. The van der Waals surface area contributed by atoms with Crippen molar-refractivity contribution in [2.75, 3.05) is 11.9 Å². The van der Waals surface area contributed by atoms with Crippen LogP contribution in [0.4, 0.5) is 5.69 Å². The summed E-state index contributed by atoms with van der Waals surface area (Å²) in [5, 5.41) is 1.63. The lowest BCUT2D eigenvalue weighted by atomic mass is 10.1. The van der Waals surface area contributed by atoms with Gasteiger partial charge in [-0.05, 0) is 68.4 Å². The molecule has 1 fully saturated rings. The number of carbonyl (C=O) groups excluding carboxylic acids is 1. The number of aryl methyl sites for hydroxylation is 3. The second kappa shape index (κ2) is 6.91. The van der Waals surface area contributed by atoms with Crippen LogP contribution in [-0.2, 0) is 11.3 Å². The average molecular weight is 390 g/mol. The predicted octanol–water partition coefficient (Wildman–Crippen LogP) is 4.88. The van der Waals surface area contributed by atoms with Crippen molar-refractivity contribution in [3.63, 3.8) is 0 Å². The summed E-state index contributed by atoms with van der Waals surface area (Å²) in [6, 6.07) is 14.2. The summed E-state index contributed by atoms with van der Waals surface area (Å²) in [7, 11) is 1.85. The van der Waals surface area contributed by atoms with Gasteiger partial charge in [-0.25, -0.2) is 0 Å². The molecule has 1 amide bonds. The first-order valence-corrected chi connectivity index (χ1v) is 9.82. The van der Waals surface area contributed by atoms with Gasteiger partial charge in [0, 0.05) is 36.3 Å². The molecule has 0 spiro atoms. The smallest absolute Gasteiger partial charge is 0.281 e. The Kier molecular flexibility index (Phi) is 4.55. The molecule has 3 aromatic rings. The standard InChI is InChI=1S/C23H23N3OS/c1-5-25-14-17(19-8-6-7-9-20(19)25)13-21-22(27)26(23(28)24(21)4)18-11-10-15(2)16(3)12-18/h6-14H,5H2,1-4H3/b21-13-. The van der Waals surface area contributed by atoms with Crippen LogP contribution in [0.25, 0.3) is 17.0 Å². The lowest BCUT2D eigenvalue weighted by molar-refractivity contribution is -0.114. The van der Waals surface area contributed by atoms with Gasteiger partial charge in [-0.1, -0.05) is 24.3 Å². The van der Waals surface area contributed by atoms with Crippen LogP contribution in [-0.4, -0.2) is 27.5 Å². The number of likely N-dealkylation sites (N-methyl/N-ethyl adjacent to an activating group) is 1. The molecule has 2 aromatic carbocycles. The topological polar surface area (TPSA) is 28.5 Å². The van der Waals surface area contributed by atoms with E-state index in [2.05, 4.69) is 36.7 Å². The lowest BCUT2D eigenvalue weighted by Crippen LogP contribution is -2.31. The van der Waals surface area contributed by atoms with E-state index in [4.69, 9.17) is 12.2 Å². The second-order valence-corrected chi connectivity index (χ2v) is 7.53. The van der Waals surface area contributed by atoms with Crippen molar-refractivity contribution in [2.45, 2.75) is 27.3 Å². The Hall–Kier alpha value is -2.92. The number of nitrogens with zero attached hydrogens (tertiary/aromatic N) is 3. The lowest BCUT2D eigenvalue weighted by Gasteiger charge is -2.17. The van der Waals surface area contributed by atoms with Crippen molar-refractivity contribution in [2.24, 2.45) is 0 Å². The molecule has 1 saturated heterocycles. The zero-order chi connectivity index (χ0) is 20.0. The largest absolute Gasteiger partial charge is 0.347 e. The molecule has 2 heterocycles. The van der Waals surface area contributed by atoms with E-state index in [0.717, 1.165) is 28.7 Å². The third kappa shape index (κ3) is 2.83. The summed E-state index contributed by atoms with van der Waals surface area (Å²) in [6.07, 6.45) is 4.05. The van der Waals surface area contributed by atoms with Crippen LogP contribution >= 0.6 is 12.2 Å². The van der Waals surface area contributed by atoms with Crippen LogP contribution in [0.1, 0.15) is 23.6 Å². The van der Waals surface area contributed by atoms with Gasteiger partial charge in [0.1, 0.15) is 5.70 Å². The number of para-hydroxylation sites is 1. The van der Waals surface area contributed by atoms with Crippen LogP contribution in [0.5, 0.6) is 0 Å².